The molecular formula is C16H14F2O3. The quantitative estimate of drug-likeness (QED) is 0.761. The maximum atomic E-state index is 12.2. The second-order valence-electron chi connectivity index (χ2n) is 4.31. The number of ether oxygens (including phenoxy) is 2. The zero-order valence-corrected chi connectivity index (χ0v) is 11.4. The van der Waals surface area contributed by atoms with E-state index in [0.29, 0.717) is 11.3 Å². The van der Waals surface area contributed by atoms with Gasteiger partial charge in [-0.1, -0.05) is 18.2 Å². The van der Waals surface area contributed by atoms with Crippen molar-refractivity contribution in [2.24, 2.45) is 0 Å². The number of rotatable bonds is 6. The van der Waals surface area contributed by atoms with E-state index in [1.807, 2.05) is 18.2 Å². The highest BCUT2D eigenvalue weighted by molar-refractivity contribution is 5.97. The smallest absolute Gasteiger partial charge is 0.387 e. The van der Waals surface area contributed by atoms with Gasteiger partial charge in [0.15, 0.2) is 5.78 Å². The lowest BCUT2D eigenvalue weighted by molar-refractivity contribution is -0.0498. The standard InChI is InChI=1S/C16H14F2O3/c1-20-15-5-3-2-4-12(15)10-14(19)11-6-8-13(9-7-11)21-16(17)18/h2-9,16H,10H2,1H3. The number of halogens is 2. The molecule has 0 radical (unpaired) electrons. The number of para-hydroxylation sites is 1. The van der Waals surface area contributed by atoms with Crippen LogP contribution in [-0.4, -0.2) is 19.5 Å². The molecule has 0 spiro atoms. The van der Waals surface area contributed by atoms with Crippen LogP contribution in [0, 0.1) is 0 Å². The molecule has 0 amide bonds. The fraction of sp³-hybridized carbons (Fsp3) is 0.188. The Hall–Kier alpha value is -2.43. The van der Waals surface area contributed by atoms with Gasteiger partial charge in [0.1, 0.15) is 11.5 Å². The molecule has 0 N–H and O–H groups in total. The molecule has 2 rings (SSSR count). The van der Waals surface area contributed by atoms with Gasteiger partial charge in [0.05, 0.1) is 7.11 Å². The number of methoxy groups -OCH3 is 1. The summed E-state index contributed by atoms with van der Waals surface area (Å²) in [6, 6.07) is 12.9. The number of hydrogen-bond acceptors (Lipinski definition) is 3. The van der Waals surface area contributed by atoms with Crippen LogP contribution in [0.15, 0.2) is 48.5 Å². The number of alkyl halides is 2. The predicted molar refractivity (Wildman–Crippen MR) is 74.1 cm³/mol. The van der Waals surface area contributed by atoms with E-state index >= 15 is 0 Å². The van der Waals surface area contributed by atoms with E-state index in [9.17, 15) is 13.6 Å². The molecule has 0 bridgehead atoms. The fourth-order valence-corrected chi connectivity index (χ4v) is 1.95. The molecule has 3 nitrogen and oxygen atoms in total. The minimum absolute atomic E-state index is 0.0267. The highest BCUT2D eigenvalue weighted by atomic mass is 19.3. The van der Waals surface area contributed by atoms with Crippen LogP contribution in [0.1, 0.15) is 15.9 Å². The van der Waals surface area contributed by atoms with Crippen molar-refractivity contribution >= 4 is 5.78 Å². The summed E-state index contributed by atoms with van der Waals surface area (Å²) >= 11 is 0. The van der Waals surface area contributed by atoms with Crippen LogP contribution in [-0.2, 0) is 6.42 Å². The summed E-state index contributed by atoms with van der Waals surface area (Å²) in [6.45, 7) is -2.87. The first-order valence-corrected chi connectivity index (χ1v) is 6.30. The summed E-state index contributed by atoms with van der Waals surface area (Å²) in [5, 5.41) is 0. The molecule has 2 aromatic carbocycles. The molecule has 0 aliphatic heterocycles. The normalized spacial score (nSPS) is 10.5. The third kappa shape index (κ3) is 4.02. The highest BCUT2D eigenvalue weighted by Crippen LogP contribution is 2.21. The second-order valence-corrected chi connectivity index (χ2v) is 4.31. The summed E-state index contributed by atoms with van der Waals surface area (Å²) < 4.78 is 33.5. The lowest BCUT2D eigenvalue weighted by Gasteiger charge is -2.08. The topological polar surface area (TPSA) is 35.5 Å². The van der Waals surface area contributed by atoms with Gasteiger partial charge >= 0.3 is 6.61 Å². The number of Topliss-reactive ketones (excluding diaryl/α,β-unsaturated/α-hetero) is 1. The number of carbonyl (C=O) groups is 1. The van der Waals surface area contributed by atoms with Crippen molar-refractivity contribution < 1.29 is 23.0 Å². The molecule has 0 aromatic heterocycles. The summed E-state index contributed by atoms with van der Waals surface area (Å²) in [7, 11) is 1.54. The average molecular weight is 292 g/mol. The lowest BCUT2D eigenvalue weighted by atomic mass is 10.0. The Morgan fingerprint density at radius 1 is 1.10 bits per heavy atom. The molecular weight excluding hydrogens is 278 g/mol. The van der Waals surface area contributed by atoms with Crippen LogP contribution in [0.3, 0.4) is 0 Å². The molecule has 0 fully saturated rings. The molecule has 2 aromatic rings. The zero-order chi connectivity index (χ0) is 15.2. The molecule has 0 saturated carbocycles. The van der Waals surface area contributed by atoms with E-state index in [2.05, 4.69) is 4.74 Å². The van der Waals surface area contributed by atoms with Gasteiger partial charge in [-0.05, 0) is 30.3 Å². The Morgan fingerprint density at radius 2 is 1.76 bits per heavy atom. The monoisotopic (exact) mass is 292 g/mol. The van der Waals surface area contributed by atoms with Gasteiger partial charge < -0.3 is 9.47 Å². The van der Waals surface area contributed by atoms with Crippen LogP contribution >= 0.6 is 0 Å². The van der Waals surface area contributed by atoms with Gasteiger partial charge in [-0.3, -0.25) is 4.79 Å². The minimum Gasteiger partial charge on any atom is -0.496 e. The summed E-state index contributed by atoms with van der Waals surface area (Å²) in [5.74, 6) is 0.547. The zero-order valence-electron chi connectivity index (χ0n) is 11.4. The SMILES string of the molecule is COc1ccccc1CC(=O)c1ccc(OC(F)F)cc1. The second kappa shape index (κ2) is 6.83. The summed E-state index contributed by atoms with van der Waals surface area (Å²) in [5.41, 5.74) is 1.21. The van der Waals surface area contributed by atoms with E-state index < -0.39 is 6.61 Å². The molecule has 110 valence electrons. The van der Waals surface area contributed by atoms with Crippen molar-refractivity contribution in [1.29, 1.82) is 0 Å². The van der Waals surface area contributed by atoms with Gasteiger partial charge in [0.2, 0.25) is 0 Å². The van der Waals surface area contributed by atoms with E-state index in [-0.39, 0.29) is 18.0 Å². The van der Waals surface area contributed by atoms with Gasteiger partial charge in [-0.15, -0.1) is 0 Å². The van der Waals surface area contributed by atoms with Crippen molar-refractivity contribution in [1.82, 2.24) is 0 Å². The average Bonchev–Trinajstić information content (AvgIpc) is 2.48. The van der Waals surface area contributed by atoms with Gasteiger partial charge in [0.25, 0.3) is 0 Å². The third-order valence-corrected chi connectivity index (χ3v) is 2.94. The Balaban J connectivity index is 2.09. The Labute approximate surface area is 121 Å². The first kappa shape index (κ1) is 15.0. The predicted octanol–water partition coefficient (Wildman–Crippen LogP) is 3.72. The van der Waals surface area contributed by atoms with Gasteiger partial charge in [0, 0.05) is 17.5 Å². The largest absolute Gasteiger partial charge is 0.496 e. The first-order chi connectivity index (χ1) is 10.1. The van der Waals surface area contributed by atoms with Gasteiger partial charge in [-0.2, -0.15) is 8.78 Å². The molecule has 0 aliphatic rings. The summed E-state index contributed by atoms with van der Waals surface area (Å²) in [4.78, 5) is 12.2. The molecule has 0 aliphatic carbocycles. The number of carbonyl (C=O) groups excluding carboxylic acids is 1. The Morgan fingerprint density at radius 3 is 2.38 bits per heavy atom. The lowest BCUT2D eigenvalue weighted by Crippen LogP contribution is -2.06. The van der Waals surface area contributed by atoms with Crippen LogP contribution in [0.25, 0.3) is 0 Å². The van der Waals surface area contributed by atoms with Crippen LogP contribution in [0.2, 0.25) is 0 Å². The molecule has 5 heteroatoms. The minimum atomic E-state index is -2.87. The maximum absolute atomic E-state index is 12.2. The summed E-state index contributed by atoms with van der Waals surface area (Å²) in [6.07, 6.45) is 0.180. The van der Waals surface area contributed by atoms with Crippen LogP contribution in [0.5, 0.6) is 11.5 Å². The number of ketones is 1. The first-order valence-electron chi connectivity index (χ1n) is 6.30. The van der Waals surface area contributed by atoms with Crippen molar-refractivity contribution in [3.8, 4) is 11.5 Å². The van der Waals surface area contributed by atoms with E-state index in [0.717, 1.165) is 5.56 Å². The fourth-order valence-electron chi connectivity index (χ4n) is 1.95. The molecule has 0 atom stereocenters. The highest BCUT2D eigenvalue weighted by Gasteiger charge is 2.11. The van der Waals surface area contributed by atoms with Crippen molar-refractivity contribution in [3.05, 3.63) is 59.7 Å². The van der Waals surface area contributed by atoms with Crippen molar-refractivity contribution in [3.63, 3.8) is 0 Å². The van der Waals surface area contributed by atoms with Crippen LogP contribution in [0.4, 0.5) is 8.78 Å². The molecule has 0 heterocycles. The molecule has 0 saturated heterocycles. The number of benzene rings is 2. The molecule has 0 unspecified atom stereocenters. The van der Waals surface area contributed by atoms with E-state index in [4.69, 9.17) is 4.74 Å². The van der Waals surface area contributed by atoms with Crippen molar-refractivity contribution in [2.45, 2.75) is 13.0 Å². The molecule has 21 heavy (non-hydrogen) atoms. The number of hydrogen-bond donors (Lipinski definition) is 0. The van der Waals surface area contributed by atoms with Crippen LogP contribution < -0.4 is 9.47 Å². The van der Waals surface area contributed by atoms with E-state index in [1.165, 1.54) is 24.3 Å². The Bertz CT molecular complexity index is 609. The third-order valence-electron chi connectivity index (χ3n) is 2.94. The van der Waals surface area contributed by atoms with Crippen molar-refractivity contribution in [2.75, 3.05) is 7.11 Å². The van der Waals surface area contributed by atoms with E-state index in [1.54, 1.807) is 13.2 Å². The maximum Gasteiger partial charge on any atom is 0.387 e. The van der Waals surface area contributed by atoms with Gasteiger partial charge in [-0.25, -0.2) is 0 Å². The Kier molecular flexibility index (Phi) is 4.87.